The fourth-order valence-electron chi connectivity index (χ4n) is 3.22. The second kappa shape index (κ2) is 10.7. The Morgan fingerprint density at radius 1 is 0.906 bits per heavy atom. The Bertz CT molecular complexity index is 1190. The van der Waals surface area contributed by atoms with E-state index in [1.165, 1.54) is 0 Å². The molecule has 162 valence electrons. The molecule has 32 heavy (non-hydrogen) atoms. The number of amides is 1. The number of carbonyl (C=O) groups is 1. The third kappa shape index (κ3) is 5.81. The molecule has 0 aliphatic rings. The molecule has 0 fully saturated rings. The molecule has 1 amide bonds. The molecule has 0 atom stereocenters. The van der Waals surface area contributed by atoms with E-state index in [4.69, 9.17) is 21.3 Å². The summed E-state index contributed by atoms with van der Waals surface area (Å²) in [6.45, 7) is 1.37. The Kier molecular flexibility index (Phi) is 7.27. The van der Waals surface area contributed by atoms with Gasteiger partial charge in [-0.25, -0.2) is 9.97 Å². The molecule has 1 aromatic heterocycles. The first kappa shape index (κ1) is 21.7. The van der Waals surface area contributed by atoms with Gasteiger partial charge in [-0.3, -0.25) is 4.79 Å². The molecule has 1 heterocycles. The van der Waals surface area contributed by atoms with Crippen LogP contribution in [0.25, 0.3) is 22.3 Å². The van der Waals surface area contributed by atoms with Crippen molar-refractivity contribution in [2.45, 2.75) is 6.61 Å². The van der Waals surface area contributed by atoms with Crippen molar-refractivity contribution in [3.05, 3.63) is 89.4 Å². The number of nitrogens with one attached hydrogen (secondary N) is 2. The van der Waals surface area contributed by atoms with Gasteiger partial charge in [0.05, 0.1) is 12.1 Å². The summed E-state index contributed by atoms with van der Waals surface area (Å²) in [6, 6.07) is 25.1. The van der Waals surface area contributed by atoms with Gasteiger partial charge in [0, 0.05) is 29.1 Å². The van der Waals surface area contributed by atoms with Gasteiger partial charge < -0.3 is 15.4 Å². The number of hydrogen-bond donors (Lipinski definition) is 2. The molecule has 0 aliphatic carbocycles. The SMILES string of the molecule is O=C(COCc1ccccc1)NCCNc1nc(-c2ccccc2)nc2cc(Cl)ccc12. The van der Waals surface area contributed by atoms with E-state index in [2.05, 4.69) is 15.6 Å². The lowest BCUT2D eigenvalue weighted by atomic mass is 10.2. The topological polar surface area (TPSA) is 76.1 Å². The van der Waals surface area contributed by atoms with Gasteiger partial charge in [-0.1, -0.05) is 72.3 Å². The highest BCUT2D eigenvalue weighted by molar-refractivity contribution is 6.31. The maximum absolute atomic E-state index is 12.0. The summed E-state index contributed by atoms with van der Waals surface area (Å²) in [4.78, 5) is 21.4. The van der Waals surface area contributed by atoms with Gasteiger partial charge in [0.2, 0.25) is 5.91 Å². The van der Waals surface area contributed by atoms with Gasteiger partial charge in [-0.05, 0) is 23.8 Å². The monoisotopic (exact) mass is 446 g/mol. The molecule has 0 aliphatic heterocycles. The minimum absolute atomic E-state index is 0.0159. The molecule has 4 rings (SSSR count). The molecule has 6 nitrogen and oxygen atoms in total. The van der Waals surface area contributed by atoms with Crippen LogP contribution in [0.5, 0.6) is 0 Å². The average Bonchev–Trinajstić information content (AvgIpc) is 2.82. The van der Waals surface area contributed by atoms with Crippen LogP contribution >= 0.6 is 11.6 Å². The van der Waals surface area contributed by atoms with Gasteiger partial charge in [-0.2, -0.15) is 0 Å². The Labute approximate surface area is 191 Å². The molecule has 0 radical (unpaired) electrons. The normalized spacial score (nSPS) is 10.8. The zero-order valence-electron chi connectivity index (χ0n) is 17.4. The summed E-state index contributed by atoms with van der Waals surface area (Å²) < 4.78 is 5.46. The minimum atomic E-state index is -0.160. The number of rotatable bonds is 9. The van der Waals surface area contributed by atoms with Crippen LogP contribution < -0.4 is 10.6 Å². The third-order valence-electron chi connectivity index (χ3n) is 4.78. The lowest BCUT2D eigenvalue weighted by molar-refractivity contribution is -0.126. The van der Waals surface area contributed by atoms with Crippen LogP contribution in [0.15, 0.2) is 78.9 Å². The number of fused-ring (bicyclic) bond motifs is 1. The number of anilines is 1. The van der Waals surface area contributed by atoms with Crippen molar-refractivity contribution in [2.24, 2.45) is 0 Å². The van der Waals surface area contributed by atoms with Crippen LogP contribution in [0.3, 0.4) is 0 Å². The number of halogens is 1. The molecule has 0 bridgehead atoms. The van der Waals surface area contributed by atoms with Gasteiger partial charge in [0.15, 0.2) is 5.82 Å². The Hall–Kier alpha value is -3.48. The quantitative estimate of drug-likeness (QED) is 0.364. The first-order chi connectivity index (χ1) is 15.7. The maximum Gasteiger partial charge on any atom is 0.246 e. The van der Waals surface area contributed by atoms with Crippen molar-refractivity contribution in [3.63, 3.8) is 0 Å². The minimum Gasteiger partial charge on any atom is -0.368 e. The van der Waals surface area contributed by atoms with E-state index in [0.717, 1.165) is 22.0 Å². The highest BCUT2D eigenvalue weighted by Crippen LogP contribution is 2.26. The number of nitrogens with zero attached hydrogens (tertiary/aromatic N) is 2. The van der Waals surface area contributed by atoms with Crippen molar-refractivity contribution in [1.29, 1.82) is 0 Å². The highest BCUT2D eigenvalue weighted by atomic mass is 35.5. The van der Waals surface area contributed by atoms with E-state index < -0.39 is 0 Å². The second-order valence-corrected chi connectivity index (χ2v) is 7.61. The standard InChI is InChI=1S/C25H23ClN4O2/c26-20-11-12-21-22(15-20)29-24(19-9-5-2-6-10-19)30-25(21)28-14-13-27-23(31)17-32-16-18-7-3-1-4-8-18/h1-12,15H,13-14,16-17H2,(H,27,31)(H,28,29,30). The Morgan fingerprint density at radius 2 is 1.66 bits per heavy atom. The fraction of sp³-hybridized carbons (Fsp3) is 0.160. The summed E-state index contributed by atoms with van der Waals surface area (Å²) >= 11 is 6.17. The molecule has 3 aromatic carbocycles. The van der Waals surface area contributed by atoms with Crippen LogP contribution in [0.2, 0.25) is 5.02 Å². The summed E-state index contributed by atoms with van der Waals surface area (Å²) in [7, 11) is 0. The van der Waals surface area contributed by atoms with E-state index in [-0.39, 0.29) is 12.5 Å². The first-order valence-electron chi connectivity index (χ1n) is 10.3. The molecule has 0 unspecified atom stereocenters. The Morgan fingerprint density at radius 3 is 2.44 bits per heavy atom. The number of ether oxygens (including phenoxy) is 1. The van der Waals surface area contributed by atoms with Crippen LogP contribution in [0.4, 0.5) is 5.82 Å². The zero-order valence-corrected chi connectivity index (χ0v) is 18.2. The molecule has 7 heteroatoms. The molecule has 4 aromatic rings. The number of carbonyl (C=O) groups excluding carboxylic acids is 1. The van der Waals surface area contributed by atoms with Crippen molar-refractivity contribution in [2.75, 3.05) is 25.0 Å². The summed E-state index contributed by atoms with van der Waals surface area (Å²) in [6.07, 6.45) is 0. The number of aromatic nitrogens is 2. The average molecular weight is 447 g/mol. The predicted molar refractivity (Wildman–Crippen MR) is 128 cm³/mol. The molecular weight excluding hydrogens is 424 g/mol. The summed E-state index contributed by atoms with van der Waals surface area (Å²) in [5.41, 5.74) is 2.71. The summed E-state index contributed by atoms with van der Waals surface area (Å²) in [5.74, 6) is 1.15. The van der Waals surface area contributed by atoms with E-state index in [1.54, 1.807) is 0 Å². The predicted octanol–water partition coefficient (Wildman–Crippen LogP) is 4.70. The van der Waals surface area contributed by atoms with Crippen molar-refractivity contribution in [3.8, 4) is 11.4 Å². The van der Waals surface area contributed by atoms with E-state index in [9.17, 15) is 4.79 Å². The van der Waals surface area contributed by atoms with E-state index in [1.807, 2.05) is 78.9 Å². The van der Waals surface area contributed by atoms with Crippen LogP contribution in [0.1, 0.15) is 5.56 Å². The maximum atomic E-state index is 12.0. The second-order valence-electron chi connectivity index (χ2n) is 7.18. The lowest BCUT2D eigenvalue weighted by Gasteiger charge is -2.12. The van der Waals surface area contributed by atoms with Crippen LogP contribution in [-0.4, -0.2) is 35.6 Å². The van der Waals surface area contributed by atoms with Crippen molar-refractivity contribution >= 4 is 34.2 Å². The van der Waals surface area contributed by atoms with Crippen molar-refractivity contribution in [1.82, 2.24) is 15.3 Å². The van der Waals surface area contributed by atoms with Crippen LogP contribution in [-0.2, 0) is 16.1 Å². The van der Waals surface area contributed by atoms with Gasteiger partial charge in [-0.15, -0.1) is 0 Å². The first-order valence-corrected chi connectivity index (χ1v) is 10.7. The van der Waals surface area contributed by atoms with Crippen molar-refractivity contribution < 1.29 is 9.53 Å². The zero-order chi connectivity index (χ0) is 22.2. The summed E-state index contributed by atoms with van der Waals surface area (Å²) in [5, 5.41) is 7.64. The molecular formula is C25H23ClN4O2. The van der Waals surface area contributed by atoms with Gasteiger partial charge in [0.25, 0.3) is 0 Å². The molecule has 2 N–H and O–H groups in total. The Balaban J connectivity index is 1.35. The van der Waals surface area contributed by atoms with Gasteiger partial charge in [0.1, 0.15) is 12.4 Å². The lowest BCUT2D eigenvalue weighted by Crippen LogP contribution is -2.31. The molecule has 0 spiro atoms. The highest BCUT2D eigenvalue weighted by Gasteiger charge is 2.10. The largest absolute Gasteiger partial charge is 0.368 e. The van der Waals surface area contributed by atoms with E-state index >= 15 is 0 Å². The molecule has 0 saturated heterocycles. The number of benzene rings is 3. The smallest absolute Gasteiger partial charge is 0.246 e. The van der Waals surface area contributed by atoms with E-state index in [0.29, 0.717) is 36.4 Å². The third-order valence-corrected chi connectivity index (χ3v) is 5.01. The van der Waals surface area contributed by atoms with Crippen LogP contribution in [0, 0.1) is 0 Å². The molecule has 0 saturated carbocycles. The van der Waals surface area contributed by atoms with Gasteiger partial charge >= 0.3 is 0 Å². The fourth-order valence-corrected chi connectivity index (χ4v) is 3.39. The number of hydrogen-bond acceptors (Lipinski definition) is 5.